The summed E-state index contributed by atoms with van der Waals surface area (Å²) < 4.78 is 0. The van der Waals surface area contributed by atoms with Crippen LogP contribution in [0.2, 0.25) is 0 Å². The Bertz CT molecular complexity index is 248. The minimum Gasteiger partial charge on any atom is -0.388 e. The molecule has 1 aliphatic heterocycles. The molecule has 1 aromatic rings. The third-order valence-corrected chi connectivity index (χ3v) is 1.75. The van der Waals surface area contributed by atoms with Crippen molar-refractivity contribution >= 4 is 6.21 Å². The summed E-state index contributed by atoms with van der Waals surface area (Å²) in [6.07, 6.45) is 2.85. The smallest absolute Gasteiger partial charge is 0.157 e. The van der Waals surface area contributed by atoms with Crippen LogP contribution in [-0.4, -0.2) is 6.21 Å². The van der Waals surface area contributed by atoms with Gasteiger partial charge in [-0.1, -0.05) is 35.5 Å². The maximum atomic E-state index is 5.11. The molecule has 0 saturated carbocycles. The Hall–Kier alpha value is -1.31. The molecule has 1 heterocycles. The topological polar surface area (TPSA) is 21.6 Å². The Morgan fingerprint density at radius 3 is 2.73 bits per heavy atom. The van der Waals surface area contributed by atoms with Crippen molar-refractivity contribution in [1.29, 1.82) is 0 Å². The lowest BCUT2D eigenvalue weighted by molar-refractivity contribution is 0.0858. The second kappa shape index (κ2) is 2.74. The first kappa shape index (κ1) is 6.40. The SMILES string of the molecule is C1=NOC(c2ccccc2)C1. The van der Waals surface area contributed by atoms with Gasteiger partial charge in [-0.3, -0.25) is 0 Å². The summed E-state index contributed by atoms with van der Waals surface area (Å²) in [7, 11) is 0. The third kappa shape index (κ3) is 1.24. The molecular weight excluding hydrogens is 138 g/mol. The van der Waals surface area contributed by atoms with E-state index in [1.54, 1.807) is 6.21 Å². The molecule has 0 aromatic heterocycles. The zero-order chi connectivity index (χ0) is 7.52. The highest BCUT2D eigenvalue weighted by Crippen LogP contribution is 2.23. The molecule has 1 aliphatic rings. The van der Waals surface area contributed by atoms with Crippen LogP contribution in [0, 0.1) is 0 Å². The molecule has 0 amide bonds. The molecule has 0 aliphatic carbocycles. The average molecular weight is 147 g/mol. The van der Waals surface area contributed by atoms with E-state index in [0.717, 1.165) is 6.42 Å². The zero-order valence-electron chi connectivity index (χ0n) is 6.10. The van der Waals surface area contributed by atoms with Gasteiger partial charge in [-0.15, -0.1) is 0 Å². The van der Waals surface area contributed by atoms with Crippen molar-refractivity contribution in [3.8, 4) is 0 Å². The van der Waals surface area contributed by atoms with Crippen LogP contribution in [0.1, 0.15) is 18.1 Å². The van der Waals surface area contributed by atoms with Crippen molar-refractivity contribution in [2.24, 2.45) is 5.16 Å². The first-order chi connectivity index (χ1) is 5.47. The predicted octanol–water partition coefficient (Wildman–Crippen LogP) is 2.13. The van der Waals surface area contributed by atoms with Crippen molar-refractivity contribution in [3.63, 3.8) is 0 Å². The van der Waals surface area contributed by atoms with Crippen LogP contribution >= 0.6 is 0 Å². The van der Waals surface area contributed by atoms with Gasteiger partial charge < -0.3 is 4.84 Å². The first-order valence-corrected chi connectivity index (χ1v) is 3.69. The third-order valence-electron chi connectivity index (χ3n) is 1.75. The minimum absolute atomic E-state index is 0.149. The van der Waals surface area contributed by atoms with Gasteiger partial charge in [-0.05, 0) is 5.56 Å². The van der Waals surface area contributed by atoms with Crippen molar-refractivity contribution in [2.45, 2.75) is 12.5 Å². The number of nitrogens with zero attached hydrogens (tertiary/aromatic N) is 1. The van der Waals surface area contributed by atoms with Gasteiger partial charge in [0.1, 0.15) is 0 Å². The van der Waals surface area contributed by atoms with E-state index in [4.69, 9.17) is 4.84 Å². The van der Waals surface area contributed by atoms with Crippen molar-refractivity contribution in [3.05, 3.63) is 35.9 Å². The van der Waals surface area contributed by atoms with E-state index in [0.29, 0.717) is 0 Å². The minimum atomic E-state index is 0.149. The lowest BCUT2D eigenvalue weighted by atomic mass is 10.1. The summed E-state index contributed by atoms with van der Waals surface area (Å²) in [6, 6.07) is 10.1. The van der Waals surface area contributed by atoms with Gasteiger partial charge in [0, 0.05) is 12.6 Å². The Morgan fingerprint density at radius 1 is 1.27 bits per heavy atom. The zero-order valence-corrected chi connectivity index (χ0v) is 6.10. The van der Waals surface area contributed by atoms with Gasteiger partial charge in [0.25, 0.3) is 0 Å². The Balaban J connectivity index is 2.17. The second-order valence-corrected chi connectivity index (χ2v) is 2.53. The lowest BCUT2D eigenvalue weighted by Gasteiger charge is -2.06. The molecule has 0 N–H and O–H groups in total. The number of benzene rings is 1. The van der Waals surface area contributed by atoms with E-state index in [1.807, 2.05) is 18.2 Å². The van der Waals surface area contributed by atoms with E-state index in [1.165, 1.54) is 5.56 Å². The van der Waals surface area contributed by atoms with Crippen molar-refractivity contribution in [1.82, 2.24) is 0 Å². The van der Waals surface area contributed by atoms with Crippen LogP contribution in [0.5, 0.6) is 0 Å². The molecule has 1 unspecified atom stereocenters. The fraction of sp³-hybridized carbons (Fsp3) is 0.222. The van der Waals surface area contributed by atoms with Crippen LogP contribution in [0.3, 0.4) is 0 Å². The van der Waals surface area contributed by atoms with E-state index >= 15 is 0 Å². The maximum absolute atomic E-state index is 5.11. The molecule has 0 bridgehead atoms. The van der Waals surface area contributed by atoms with Crippen LogP contribution in [-0.2, 0) is 4.84 Å². The maximum Gasteiger partial charge on any atom is 0.157 e. The second-order valence-electron chi connectivity index (χ2n) is 2.53. The Morgan fingerprint density at radius 2 is 2.09 bits per heavy atom. The molecule has 2 heteroatoms. The van der Waals surface area contributed by atoms with Crippen LogP contribution in [0.25, 0.3) is 0 Å². The molecule has 0 fully saturated rings. The largest absolute Gasteiger partial charge is 0.388 e. The molecular formula is C9H9NO. The molecule has 0 saturated heterocycles. The van der Waals surface area contributed by atoms with Crippen LogP contribution < -0.4 is 0 Å². The summed E-state index contributed by atoms with van der Waals surface area (Å²) in [5.41, 5.74) is 1.20. The number of rotatable bonds is 1. The molecule has 0 radical (unpaired) electrons. The highest BCUT2D eigenvalue weighted by molar-refractivity contribution is 5.59. The van der Waals surface area contributed by atoms with Crippen LogP contribution in [0.15, 0.2) is 35.5 Å². The molecule has 2 rings (SSSR count). The predicted molar refractivity (Wildman–Crippen MR) is 43.4 cm³/mol. The van der Waals surface area contributed by atoms with Gasteiger partial charge in [0.05, 0.1) is 0 Å². The van der Waals surface area contributed by atoms with Gasteiger partial charge >= 0.3 is 0 Å². The van der Waals surface area contributed by atoms with E-state index in [-0.39, 0.29) is 6.10 Å². The fourth-order valence-electron chi connectivity index (χ4n) is 1.16. The van der Waals surface area contributed by atoms with E-state index in [9.17, 15) is 0 Å². The number of oxime groups is 1. The summed E-state index contributed by atoms with van der Waals surface area (Å²) in [4.78, 5) is 5.11. The first-order valence-electron chi connectivity index (χ1n) is 3.69. The molecule has 1 aromatic carbocycles. The van der Waals surface area contributed by atoms with Gasteiger partial charge in [-0.25, -0.2) is 0 Å². The van der Waals surface area contributed by atoms with Gasteiger partial charge in [0.15, 0.2) is 6.10 Å². The average Bonchev–Trinajstić information content (AvgIpc) is 2.58. The quantitative estimate of drug-likeness (QED) is 0.596. The van der Waals surface area contributed by atoms with Gasteiger partial charge in [0.2, 0.25) is 0 Å². The number of hydrogen-bond acceptors (Lipinski definition) is 2. The molecule has 1 atom stereocenters. The molecule has 0 spiro atoms. The van der Waals surface area contributed by atoms with Crippen LogP contribution in [0.4, 0.5) is 0 Å². The molecule has 2 nitrogen and oxygen atoms in total. The summed E-state index contributed by atoms with van der Waals surface area (Å²) in [5, 5.41) is 3.72. The van der Waals surface area contributed by atoms with E-state index in [2.05, 4.69) is 17.3 Å². The van der Waals surface area contributed by atoms with Crippen molar-refractivity contribution < 1.29 is 4.84 Å². The number of hydrogen-bond donors (Lipinski definition) is 0. The highest BCUT2D eigenvalue weighted by Gasteiger charge is 2.14. The summed E-state index contributed by atoms with van der Waals surface area (Å²) in [6.45, 7) is 0. The normalized spacial score (nSPS) is 21.6. The highest BCUT2D eigenvalue weighted by atomic mass is 16.6. The molecule has 56 valence electrons. The van der Waals surface area contributed by atoms with Crippen molar-refractivity contribution in [2.75, 3.05) is 0 Å². The summed E-state index contributed by atoms with van der Waals surface area (Å²) in [5.74, 6) is 0. The summed E-state index contributed by atoms with van der Waals surface area (Å²) >= 11 is 0. The standard InChI is InChI=1S/C9H9NO/c1-2-4-8(5-3-1)9-6-7-10-11-9/h1-5,7,9H,6H2. The molecule has 11 heavy (non-hydrogen) atoms. The van der Waals surface area contributed by atoms with E-state index < -0.39 is 0 Å². The Kier molecular flexibility index (Phi) is 1.60. The lowest BCUT2D eigenvalue weighted by Crippen LogP contribution is -1.94. The monoisotopic (exact) mass is 147 g/mol. The Labute approximate surface area is 65.5 Å². The fourth-order valence-corrected chi connectivity index (χ4v) is 1.16. The van der Waals surface area contributed by atoms with Gasteiger partial charge in [-0.2, -0.15) is 0 Å².